The van der Waals surface area contributed by atoms with Gasteiger partial charge in [-0.3, -0.25) is 9.69 Å². The Morgan fingerprint density at radius 1 is 1.30 bits per heavy atom. The molecule has 1 amide bonds. The number of nitrogens with zero attached hydrogens (tertiary/aromatic N) is 3. The summed E-state index contributed by atoms with van der Waals surface area (Å²) in [4.78, 5) is 25.4. The van der Waals surface area contributed by atoms with Crippen LogP contribution in [0.5, 0.6) is 0 Å². The summed E-state index contributed by atoms with van der Waals surface area (Å²) >= 11 is 3.11. The topological polar surface area (TPSA) is 72.1 Å². The molecule has 0 saturated heterocycles. The molecule has 2 heterocycles. The zero-order valence-electron chi connectivity index (χ0n) is 14.3. The van der Waals surface area contributed by atoms with Gasteiger partial charge in [0.05, 0.1) is 11.8 Å². The van der Waals surface area contributed by atoms with Crippen molar-refractivity contribution in [3.63, 3.8) is 0 Å². The van der Waals surface area contributed by atoms with E-state index >= 15 is 0 Å². The Balaban J connectivity index is 2.49. The van der Waals surface area contributed by atoms with Crippen LogP contribution in [0, 0.1) is 13.8 Å². The molecule has 1 atom stereocenters. The van der Waals surface area contributed by atoms with Gasteiger partial charge in [-0.1, -0.05) is 25.6 Å². The largest absolute Gasteiger partial charge is 0.369 e. The minimum absolute atomic E-state index is 0.311. The highest BCUT2D eigenvalue weighted by molar-refractivity contribution is 8.00. The zero-order valence-corrected chi connectivity index (χ0v) is 16.0. The lowest BCUT2D eigenvalue weighted by atomic mass is 10.2. The van der Waals surface area contributed by atoms with Crippen LogP contribution in [-0.2, 0) is 11.3 Å². The van der Waals surface area contributed by atoms with E-state index in [4.69, 9.17) is 15.7 Å². The average Bonchev–Trinajstić information content (AvgIpc) is 2.79. The van der Waals surface area contributed by atoms with Gasteiger partial charge in [0, 0.05) is 10.3 Å². The fourth-order valence-corrected chi connectivity index (χ4v) is 4.37. The molecule has 0 aliphatic rings. The number of carbonyl (C=O) groups is 1. The lowest BCUT2D eigenvalue weighted by Crippen LogP contribution is -2.24. The SMILES string of the molecule is CCN(CC)Cc1nc(S[C@H](C)C(N)=O)c2c(C)c(C)sc2n1. The van der Waals surface area contributed by atoms with Gasteiger partial charge in [-0.2, -0.15) is 0 Å². The highest BCUT2D eigenvalue weighted by Crippen LogP contribution is 2.36. The zero-order chi connectivity index (χ0) is 17.1. The summed E-state index contributed by atoms with van der Waals surface area (Å²) in [6, 6.07) is 0. The molecule has 126 valence electrons. The van der Waals surface area contributed by atoms with Crippen molar-refractivity contribution in [3.8, 4) is 0 Å². The summed E-state index contributed by atoms with van der Waals surface area (Å²) in [7, 11) is 0. The fourth-order valence-electron chi connectivity index (χ4n) is 2.28. The van der Waals surface area contributed by atoms with E-state index < -0.39 is 0 Å². The molecule has 0 unspecified atom stereocenters. The number of carbonyl (C=O) groups excluding carboxylic acids is 1. The molecule has 0 aliphatic carbocycles. The first-order valence-corrected chi connectivity index (χ1v) is 9.51. The van der Waals surface area contributed by atoms with Crippen LogP contribution in [0.3, 0.4) is 0 Å². The van der Waals surface area contributed by atoms with Crippen molar-refractivity contribution in [2.45, 2.75) is 51.4 Å². The molecule has 0 saturated carbocycles. The molecule has 0 bridgehead atoms. The molecule has 2 aromatic heterocycles. The lowest BCUT2D eigenvalue weighted by Gasteiger charge is -2.17. The van der Waals surface area contributed by atoms with Crippen LogP contribution in [0.15, 0.2) is 5.03 Å². The van der Waals surface area contributed by atoms with Crippen LogP contribution >= 0.6 is 23.1 Å². The van der Waals surface area contributed by atoms with Crippen molar-refractivity contribution < 1.29 is 4.79 Å². The van der Waals surface area contributed by atoms with Crippen molar-refractivity contribution in [3.05, 3.63) is 16.3 Å². The number of aromatic nitrogens is 2. The van der Waals surface area contributed by atoms with Gasteiger partial charge in [0.2, 0.25) is 5.91 Å². The monoisotopic (exact) mass is 352 g/mol. The van der Waals surface area contributed by atoms with Crippen LogP contribution in [0.2, 0.25) is 0 Å². The summed E-state index contributed by atoms with van der Waals surface area (Å²) in [5.74, 6) is 0.485. The number of aryl methyl sites for hydroxylation is 2. The second-order valence-corrected chi connectivity index (χ2v) is 8.06. The van der Waals surface area contributed by atoms with Gasteiger partial charge >= 0.3 is 0 Å². The molecule has 0 fully saturated rings. The van der Waals surface area contributed by atoms with Crippen LogP contribution in [0.1, 0.15) is 37.0 Å². The standard InChI is InChI=1S/C16H24N4OS2/c1-6-20(7-2)8-12-18-15-13(9(3)10(4)22-15)16(19-12)23-11(5)14(17)21/h11H,6-8H2,1-5H3,(H2,17,21)/t11-/m1/s1. The van der Waals surface area contributed by atoms with Gasteiger partial charge in [-0.15, -0.1) is 11.3 Å². The Kier molecular flexibility index (Phi) is 6.00. The number of thiophene rings is 1. The third kappa shape index (κ3) is 4.02. The first-order chi connectivity index (χ1) is 10.9. The molecular weight excluding hydrogens is 328 g/mol. The third-order valence-corrected chi connectivity index (χ3v) is 6.20. The van der Waals surface area contributed by atoms with Crippen LogP contribution < -0.4 is 5.73 Å². The normalized spacial score (nSPS) is 13.0. The van der Waals surface area contributed by atoms with E-state index in [0.717, 1.165) is 40.7 Å². The maximum absolute atomic E-state index is 11.4. The Labute approximate surface area is 145 Å². The summed E-state index contributed by atoms with van der Waals surface area (Å²) in [6.07, 6.45) is 0. The highest BCUT2D eigenvalue weighted by atomic mass is 32.2. The summed E-state index contributed by atoms with van der Waals surface area (Å²) in [5.41, 5.74) is 6.62. The van der Waals surface area contributed by atoms with Crippen LogP contribution in [-0.4, -0.2) is 39.1 Å². The molecule has 7 heteroatoms. The summed E-state index contributed by atoms with van der Waals surface area (Å²) in [6.45, 7) is 12.9. The van der Waals surface area contributed by atoms with E-state index in [-0.39, 0.29) is 11.2 Å². The lowest BCUT2D eigenvalue weighted by molar-refractivity contribution is -0.117. The van der Waals surface area contributed by atoms with E-state index in [1.807, 2.05) is 6.92 Å². The molecule has 0 aliphatic heterocycles. The molecule has 2 rings (SSSR count). The van der Waals surface area contributed by atoms with Crippen molar-refractivity contribution in [1.29, 1.82) is 0 Å². The van der Waals surface area contributed by atoms with Gasteiger partial charge in [0.25, 0.3) is 0 Å². The van der Waals surface area contributed by atoms with Crippen molar-refractivity contribution >= 4 is 39.2 Å². The number of primary amides is 1. The number of amides is 1. The molecule has 0 radical (unpaired) electrons. The second kappa shape index (κ2) is 7.59. The van der Waals surface area contributed by atoms with Crippen LogP contribution in [0.25, 0.3) is 10.2 Å². The number of fused-ring (bicyclic) bond motifs is 1. The van der Waals surface area contributed by atoms with E-state index in [0.29, 0.717) is 0 Å². The quantitative estimate of drug-likeness (QED) is 0.612. The van der Waals surface area contributed by atoms with E-state index in [2.05, 4.69) is 32.6 Å². The Bertz CT molecular complexity index is 710. The maximum Gasteiger partial charge on any atom is 0.230 e. The number of thioether (sulfide) groups is 1. The Morgan fingerprint density at radius 3 is 2.52 bits per heavy atom. The number of hydrogen-bond acceptors (Lipinski definition) is 6. The van der Waals surface area contributed by atoms with Crippen LogP contribution in [0.4, 0.5) is 0 Å². The van der Waals surface area contributed by atoms with Gasteiger partial charge in [0.1, 0.15) is 15.7 Å². The van der Waals surface area contributed by atoms with Crippen molar-refractivity contribution in [2.24, 2.45) is 5.73 Å². The van der Waals surface area contributed by atoms with E-state index in [1.165, 1.54) is 22.2 Å². The first-order valence-electron chi connectivity index (χ1n) is 7.82. The molecule has 2 aromatic rings. The van der Waals surface area contributed by atoms with Gasteiger partial charge in [-0.25, -0.2) is 9.97 Å². The minimum Gasteiger partial charge on any atom is -0.369 e. The molecule has 23 heavy (non-hydrogen) atoms. The van der Waals surface area contributed by atoms with E-state index in [9.17, 15) is 4.79 Å². The molecule has 0 spiro atoms. The molecule has 2 N–H and O–H groups in total. The van der Waals surface area contributed by atoms with Crippen molar-refractivity contribution in [2.75, 3.05) is 13.1 Å². The number of nitrogens with two attached hydrogens (primary N) is 1. The van der Waals surface area contributed by atoms with E-state index in [1.54, 1.807) is 11.3 Å². The van der Waals surface area contributed by atoms with Gasteiger partial charge < -0.3 is 5.73 Å². The second-order valence-electron chi connectivity index (χ2n) is 5.53. The molecular formula is C16H24N4OS2. The molecule has 5 nitrogen and oxygen atoms in total. The summed E-state index contributed by atoms with van der Waals surface area (Å²) < 4.78 is 0. The average molecular weight is 353 g/mol. The number of rotatable bonds is 7. The first kappa shape index (κ1) is 18.2. The predicted octanol–water partition coefficient (Wildman–Crippen LogP) is 3.12. The third-order valence-electron chi connectivity index (χ3n) is 3.99. The summed E-state index contributed by atoms with van der Waals surface area (Å²) in [5, 5.41) is 1.62. The maximum atomic E-state index is 11.4. The number of hydrogen-bond donors (Lipinski definition) is 1. The predicted molar refractivity (Wildman–Crippen MR) is 98.0 cm³/mol. The van der Waals surface area contributed by atoms with Crippen molar-refractivity contribution in [1.82, 2.24) is 14.9 Å². The smallest absolute Gasteiger partial charge is 0.230 e. The Hall–Kier alpha value is -1.18. The fraction of sp³-hybridized carbons (Fsp3) is 0.562. The highest BCUT2D eigenvalue weighted by Gasteiger charge is 2.19. The minimum atomic E-state index is -0.323. The van der Waals surface area contributed by atoms with Gasteiger partial charge in [0.15, 0.2) is 0 Å². The molecule has 0 aromatic carbocycles. The van der Waals surface area contributed by atoms with Gasteiger partial charge in [-0.05, 0) is 39.4 Å². The Morgan fingerprint density at radius 2 is 1.96 bits per heavy atom.